The molecule has 0 unspecified atom stereocenters. The monoisotopic (exact) mass is 208 g/mol. The van der Waals surface area contributed by atoms with Gasteiger partial charge in [-0.1, -0.05) is 18.2 Å². The standard InChI is InChI=1S/C10H8O3S/c11-6-5-9-7-8-3-1-2-4-10(8)14(9,12)13/h1-4,6-7H,5H2. The topological polar surface area (TPSA) is 51.2 Å². The van der Waals surface area contributed by atoms with Crippen LogP contribution in [0.2, 0.25) is 0 Å². The highest BCUT2D eigenvalue weighted by molar-refractivity contribution is 7.95. The Balaban J connectivity index is 2.62. The van der Waals surface area contributed by atoms with E-state index in [1.54, 1.807) is 30.3 Å². The predicted octanol–water partition coefficient (Wildman–Crippen LogP) is 1.40. The Bertz CT molecular complexity index is 512. The Morgan fingerprint density at radius 2 is 1.93 bits per heavy atom. The number of rotatable bonds is 2. The summed E-state index contributed by atoms with van der Waals surface area (Å²) in [6, 6.07) is 6.73. The molecule has 4 heteroatoms. The van der Waals surface area contributed by atoms with E-state index in [0.717, 1.165) is 0 Å². The van der Waals surface area contributed by atoms with Crippen molar-refractivity contribution in [1.29, 1.82) is 0 Å². The lowest BCUT2D eigenvalue weighted by Gasteiger charge is -1.98. The molecular weight excluding hydrogens is 200 g/mol. The van der Waals surface area contributed by atoms with Gasteiger partial charge in [-0.05, 0) is 17.7 Å². The fourth-order valence-corrected chi connectivity index (χ4v) is 3.03. The molecule has 0 amide bonds. The van der Waals surface area contributed by atoms with E-state index in [0.29, 0.717) is 16.7 Å². The molecule has 1 aromatic rings. The fraction of sp³-hybridized carbons (Fsp3) is 0.100. The van der Waals surface area contributed by atoms with Crippen LogP contribution >= 0.6 is 0 Å². The Hall–Kier alpha value is -1.42. The lowest BCUT2D eigenvalue weighted by Crippen LogP contribution is -2.00. The molecular formula is C10H8O3S. The van der Waals surface area contributed by atoms with Crippen LogP contribution < -0.4 is 0 Å². The van der Waals surface area contributed by atoms with Crippen LogP contribution in [0.5, 0.6) is 0 Å². The molecule has 0 radical (unpaired) electrons. The van der Waals surface area contributed by atoms with Crippen molar-refractivity contribution < 1.29 is 13.2 Å². The molecule has 0 saturated heterocycles. The first-order valence-electron chi connectivity index (χ1n) is 4.14. The van der Waals surface area contributed by atoms with Gasteiger partial charge in [0.15, 0.2) is 0 Å². The lowest BCUT2D eigenvalue weighted by molar-refractivity contribution is -0.107. The maximum absolute atomic E-state index is 11.7. The van der Waals surface area contributed by atoms with Crippen molar-refractivity contribution in [3.63, 3.8) is 0 Å². The molecule has 0 atom stereocenters. The van der Waals surface area contributed by atoms with Gasteiger partial charge in [0, 0.05) is 6.42 Å². The maximum Gasteiger partial charge on any atom is 0.203 e. The minimum Gasteiger partial charge on any atom is -0.303 e. The van der Waals surface area contributed by atoms with Gasteiger partial charge < -0.3 is 4.79 Å². The molecule has 1 aromatic carbocycles. The van der Waals surface area contributed by atoms with Gasteiger partial charge in [-0.15, -0.1) is 0 Å². The first-order valence-corrected chi connectivity index (χ1v) is 5.63. The minimum absolute atomic E-state index is 0.0446. The molecule has 0 fully saturated rings. The summed E-state index contributed by atoms with van der Waals surface area (Å²) >= 11 is 0. The van der Waals surface area contributed by atoms with Crippen molar-refractivity contribution in [3.8, 4) is 0 Å². The highest BCUT2D eigenvalue weighted by Crippen LogP contribution is 2.33. The smallest absolute Gasteiger partial charge is 0.203 e. The lowest BCUT2D eigenvalue weighted by atomic mass is 10.2. The van der Waals surface area contributed by atoms with Crippen LogP contribution in [-0.4, -0.2) is 14.7 Å². The first-order chi connectivity index (χ1) is 6.66. The molecule has 0 aliphatic carbocycles. The van der Waals surface area contributed by atoms with Gasteiger partial charge in [0.1, 0.15) is 6.29 Å². The van der Waals surface area contributed by atoms with Crippen LogP contribution in [0.4, 0.5) is 0 Å². The molecule has 0 N–H and O–H groups in total. The van der Waals surface area contributed by atoms with E-state index in [2.05, 4.69) is 0 Å². The van der Waals surface area contributed by atoms with E-state index in [-0.39, 0.29) is 11.3 Å². The highest BCUT2D eigenvalue weighted by Gasteiger charge is 2.28. The predicted molar refractivity (Wildman–Crippen MR) is 52.3 cm³/mol. The number of carbonyl (C=O) groups excluding carboxylic acids is 1. The zero-order valence-electron chi connectivity index (χ0n) is 7.30. The molecule has 1 aliphatic rings. The van der Waals surface area contributed by atoms with Crippen LogP contribution in [0.1, 0.15) is 12.0 Å². The molecule has 0 saturated carbocycles. The number of aldehydes is 1. The third kappa shape index (κ3) is 1.19. The molecule has 0 bridgehead atoms. The average Bonchev–Trinajstić information content (AvgIpc) is 2.41. The fourth-order valence-electron chi connectivity index (χ4n) is 1.49. The van der Waals surface area contributed by atoms with Gasteiger partial charge in [0.2, 0.25) is 9.84 Å². The Kier molecular flexibility index (Phi) is 2.00. The second kappa shape index (κ2) is 3.06. The molecule has 1 aliphatic heterocycles. The summed E-state index contributed by atoms with van der Waals surface area (Å²) in [5.74, 6) is 0. The van der Waals surface area contributed by atoms with Gasteiger partial charge in [-0.3, -0.25) is 0 Å². The van der Waals surface area contributed by atoms with Crippen molar-refractivity contribution in [2.75, 3.05) is 0 Å². The van der Waals surface area contributed by atoms with E-state index in [4.69, 9.17) is 0 Å². The number of hydrogen-bond acceptors (Lipinski definition) is 3. The van der Waals surface area contributed by atoms with Crippen molar-refractivity contribution in [2.24, 2.45) is 0 Å². The number of allylic oxidation sites excluding steroid dienone is 1. The van der Waals surface area contributed by atoms with Gasteiger partial charge in [-0.25, -0.2) is 8.42 Å². The summed E-state index contributed by atoms with van der Waals surface area (Å²) in [5.41, 5.74) is 0.671. The summed E-state index contributed by atoms with van der Waals surface area (Å²) in [6.07, 6.45) is 2.12. The summed E-state index contributed by atoms with van der Waals surface area (Å²) < 4.78 is 23.5. The minimum atomic E-state index is -3.38. The largest absolute Gasteiger partial charge is 0.303 e. The van der Waals surface area contributed by atoms with Gasteiger partial charge in [0.05, 0.1) is 9.80 Å². The second-order valence-electron chi connectivity index (χ2n) is 3.02. The summed E-state index contributed by atoms with van der Waals surface area (Å²) in [7, 11) is -3.38. The Morgan fingerprint density at radius 3 is 2.57 bits per heavy atom. The third-order valence-corrected chi connectivity index (χ3v) is 4.08. The molecule has 0 aromatic heterocycles. The highest BCUT2D eigenvalue weighted by atomic mass is 32.2. The van der Waals surface area contributed by atoms with Gasteiger partial charge in [0.25, 0.3) is 0 Å². The van der Waals surface area contributed by atoms with Crippen LogP contribution in [0.25, 0.3) is 6.08 Å². The molecule has 72 valence electrons. The van der Waals surface area contributed by atoms with Crippen molar-refractivity contribution in [3.05, 3.63) is 34.7 Å². The number of carbonyl (C=O) groups is 1. The maximum atomic E-state index is 11.7. The van der Waals surface area contributed by atoms with E-state index in [1.165, 1.54) is 0 Å². The molecule has 3 nitrogen and oxygen atoms in total. The van der Waals surface area contributed by atoms with Crippen molar-refractivity contribution >= 4 is 22.2 Å². The van der Waals surface area contributed by atoms with Gasteiger partial charge >= 0.3 is 0 Å². The van der Waals surface area contributed by atoms with Crippen LogP contribution in [0.15, 0.2) is 34.1 Å². The normalized spacial score (nSPS) is 17.3. The molecule has 1 heterocycles. The molecule has 14 heavy (non-hydrogen) atoms. The Labute approximate surface area is 82.0 Å². The first kappa shape index (κ1) is 9.15. The second-order valence-corrected chi connectivity index (χ2v) is 4.99. The molecule has 2 rings (SSSR count). The molecule has 0 spiro atoms. The van der Waals surface area contributed by atoms with E-state index < -0.39 is 9.84 Å². The SMILES string of the molecule is O=CCC1=Cc2ccccc2S1(=O)=O. The average molecular weight is 208 g/mol. The Morgan fingerprint density at radius 1 is 1.21 bits per heavy atom. The van der Waals surface area contributed by atoms with E-state index >= 15 is 0 Å². The van der Waals surface area contributed by atoms with E-state index in [1.807, 2.05) is 0 Å². The number of sulfone groups is 1. The number of benzene rings is 1. The summed E-state index contributed by atoms with van der Waals surface area (Å²) in [4.78, 5) is 10.8. The third-order valence-electron chi connectivity index (χ3n) is 2.15. The zero-order valence-corrected chi connectivity index (χ0v) is 8.12. The quantitative estimate of drug-likeness (QED) is 0.690. The summed E-state index contributed by atoms with van der Waals surface area (Å²) in [6.45, 7) is 0. The van der Waals surface area contributed by atoms with Crippen molar-refractivity contribution in [2.45, 2.75) is 11.3 Å². The zero-order chi connectivity index (χ0) is 10.2. The van der Waals surface area contributed by atoms with Crippen LogP contribution in [0, 0.1) is 0 Å². The van der Waals surface area contributed by atoms with Crippen molar-refractivity contribution in [1.82, 2.24) is 0 Å². The van der Waals surface area contributed by atoms with Gasteiger partial charge in [-0.2, -0.15) is 0 Å². The van der Waals surface area contributed by atoms with Crippen LogP contribution in [-0.2, 0) is 14.6 Å². The van der Waals surface area contributed by atoms with E-state index in [9.17, 15) is 13.2 Å². The summed E-state index contributed by atoms with van der Waals surface area (Å²) in [5, 5.41) is 0. The van der Waals surface area contributed by atoms with Crippen LogP contribution in [0.3, 0.4) is 0 Å². The number of hydrogen-bond donors (Lipinski definition) is 0. The number of fused-ring (bicyclic) bond motifs is 1.